The standard InChI is InChI=1S/C82H160O17P2/c1-7-10-12-14-16-18-20-21-26-30-34-41-47-53-59-65-80(85)93-71-77(98-81(86)66-60-54-48-42-35-31-28-25-23-22-24-27-29-33-38-44-50-56-62-74(4)5)72-96-100(88,89)94-68-76(83)69-95-101(90,91)97-73-78(70-92-79(84)64-58-52-46-40-32-19-17-15-13-11-8-2)99-82(87)67-61-55-49-43-37-36-39-45-51-57-63-75(6)9-3/h74-78,83H,7-73H2,1-6H3,(H,88,89)(H,90,91)/t75?,76-,77-,78-/m1/s1. The van der Waals surface area contributed by atoms with Crippen LogP contribution in [-0.2, 0) is 65.4 Å². The molecule has 0 aromatic rings. The van der Waals surface area contributed by atoms with E-state index in [9.17, 15) is 43.2 Å². The highest BCUT2D eigenvalue weighted by atomic mass is 31.2. The summed E-state index contributed by atoms with van der Waals surface area (Å²) in [6, 6.07) is 0. The molecule has 0 aromatic carbocycles. The van der Waals surface area contributed by atoms with Gasteiger partial charge in [0.2, 0.25) is 0 Å². The molecule has 0 bridgehead atoms. The predicted molar refractivity (Wildman–Crippen MR) is 414 cm³/mol. The molecule has 19 heteroatoms. The zero-order chi connectivity index (χ0) is 74.2. The van der Waals surface area contributed by atoms with Gasteiger partial charge in [-0.3, -0.25) is 37.3 Å². The lowest BCUT2D eigenvalue weighted by molar-refractivity contribution is -0.161. The molecule has 0 aliphatic rings. The van der Waals surface area contributed by atoms with E-state index in [0.717, 1.165) is 102 Å². The first-order valence-corrected chi connectivity index (χ1v) is 45.5. The van der Waals surface area contributed by atoms with Crippen molar-refractivity contribution >= 4 is 39.5 Å². The van der Waals surface area contributed by atoms with Crippen molar-refractivity contribution in [2.24, 2.45) is 11.8 Å². The third-order valence-corrected chi connectivity index (χ3v) is 21.5. The Morgan fingerprint density at radius 2 is 0.505 bits per heavy atom. The quantitative estimate of drug-likeness (QED) is 0.0222. The molecule has 0 aromatic heterocycles. The van der Waals surface area contributed by atoms with Crippen molar-refractivity contribution in [3.63, 3.8) is 0 Å². The summed E-state index contributed by atoms with van der Waals surface area (Å²) in [6.45, 7) is 9.70. The van der Waals surface area contributed by atoms with Crippen molar-refractivity contribution in [1.29, 1.82) is 0 Å². The van der Waals surface area contributed by atoms with Gasteiger partial charge in [0, 0.05) is 25.7 Å². The van der Waals surface area contributed by atoms with Crippen LogP contribution in [0.4, 0.5) is 0 Å². The third kappa shape index (κ3) is 74.7. The Hall–Kier alpha value is -1.94. The Morgan fingerprint density at radius 1 is 0.287 bits per heavy atom. The van der Waals surface area contributed by atoms with Crippen LogP contribution in [0.15, 0.2) is 0 Å². The average Bonchev–Trinajstić information content (AvgIpc) is 0.987. The Bertz CT molecular complexity index is 1940. The van der Waals surface area contributed by atoms with Crippen LogP contribution in [0.3, 0.4) is 0 Å². The Kier molecular flexibility index (Phi) is 72.2. The number of hydrogen-bond acceptors (Lipinski definition) is 15. The molecule has 0 aliphatic carbocycles. The van der Waals surface area contributed by atoms with Gasteiger partial charge in [0.25, 0.3) is 0 Å². The zero-order valence-corrected chi connectivity index (χ0v) is 68.0. The number of phosphoric acid groups is 2. The summed E-state index contributed by atoms with van der Waals surface area (Å²) in [5.74, 6) is -0.482. The van der Waals surface area contributed by atoms with E-state index in [0.29, 0.717) is 25.7 Å². The van der Waals surface area contributed by atoms with Crippen molar-refractivity contribution in [3.8, 4) is 0 Å². The molecule has 17 nitrogen and oxygen atoms in total. The fraction of sp³-hybridized carbons (Fsp3) is 0.951. The maximum atomic E-state index is 13.1. The van der Waals surface area contributed by atoms with Crippen LogP contribution in [0.1, 0.15) is 433 Å². The summed E-state index contributed by atoms with van der Waals surface area (Å²) in [4.78, 5) is 73.1. The summed E-state index contributed by atoms with van der Waals surface area (Å²) < 4.78 is 68.8. The monoisotopic (exact) mass is 1480 g/mol. The second kappa shape index (κ2) is 73.6. The molecule has 600 valence electrons. The van der Waals surface area contributed by atoms with E-state index in [1.165, 1.54) is 250 Å². The predicted octanol–water partition coefficient (Wildman–Crippen LogP) is 24.7. The number of aliphatic hydroxyl groups is 1. The summed E-state index contributed by atoms with van der Waals surface area (Å²) in [7, 11) is -9.92. The van der Waals surface area contributed by atoms with Crippen LogP contribution in [0.5, 0.6) is 0 Å². The van der Waals surface area contributed by atoms with Gasteiger partial charge in [0.1, 0.15) is 19.3 Å². The lowest BCUT2D eigenvalue weighted by Crippen LogP contribution is -2.30. The van der Waals surface area contributed by atoms with Gasteiger partial charge >= 0.3 is 39.5 Å². The Labute approximate surface area is 619 Å². The first-order valence-electron chi connectivity index (χ1n) is 42.5. The second-order valence-corrected chi connectivity index (χ2v) is 33.1. The van der Waals surface area contributed by atoms with E-state index >= 15 is 0 Å². The van der Waals surface area contributed by atoms with E-state index in [1.807, 2.05) is 0 Å². The maximum absolute atomic E-state index is 13.1. The summed E-state index contributed by atoms with van der Waals surface area (Å²) in [6.07, 6.45) is 63.7. The molecule has 0 radical (unpaired) electrons. The molecule has 3 N–H and O–H groups in total. The topological polar surface area (TPSA) is 237 Å². The SMILES string of the molecule is CCCCCCCCCCCCCCCCCC(=O)OC[C@H](COP(=O)(O)OC[C@@H](O)COP(=O)(O)OC[C@@H](COC(=O)CCCCCCCCCCCCC)OC(=O)CCCCCCCCCCCCC(C)CC)OC(=O)CCCCCCCCCCCCCCCCCCCCC(C)C. The highest BCUT2D eigenvalue weighted by Gasteiger charge is 2.30. The highest BCUT2D eigenvalue weighted by molar-refractivity contribution is 7.47. The van der Waals surface area contributed by atoms with Gasteiger partial charge in [-0.25, -0.2) is 9.13 Å². The second-order valence-electron chi connectivity index (χ2n) is 30.2. The van der Waals surface area contributed by atoms with Crippen LogP contribution >= 0.6 is 15.6 Å². The lowest BCUT2D eigenvalue weighted by Gasteiger charge is -2.21. The smallest absolute Gasteiger partial charge is 0.462 e. The van der Waals surface area contributed by atoms with Gasteiger partial charge in [0.15, 0.2) is 12.2 Å². The fourth-order valence-corrected chi connectivity index (χ4v) is 14.3. The number of phosphoric ester groups is 2. The molecular weight excluding hydrogens is 1320 g/mol. The number of rotatable bonds is 81. The van der Waals surface area contributed by atoms with Gasteiger partial charge in [-0.2, -0.15) is 0 Å². The van der Waals surface area contributed by atoms with E-state index in [1.54, 1.807) is 0 Å². The molecule has 6 atom stereocenters. The van der Waals surface area contributed by atoms with E-state index < -0.39 is 97.5 Å². The molecule has 101 heavy (non-hydrogen) atoms. The first-order chi connectivity index (χ1) is 48.9. The minimum absolute atomic E-state index is 0.107. The zero-order valence-electron chi connectivity index (χ0n) is 66.2. The summed E-state index contributed by atoms with van der Waals surface area (Å²) >= 11 is 0. The van der Waals surface area contributed by atoms with Gasteiger partial charge in [-0.15, -0.1) is 0 Å². The first kappa shape index (κ1) is 99.1. The molecule has 0 saturated carbocycles. The largest absolute Gasteiger partial charge is 0.472 e. The van der Waals surface area contributed by atoms with Crippen molar-refractivity contribution in [1.82, 2.24) is 0 Å². The van der Waals surface area contributed by atoms with Gasteiger partial charge in [-0.1, -0.05) is 382 Å². The summed E-state index contributed by atoms with van der Waals surface area (Å²) in [5.41, 5.74) is 0. The number of carbonyl (C=O) groups excluding carboxylic acids is 4. The van der Waals surface area contributed by atoms with Crippen molar-refractivity contribution < 1.29 is 80.2 Å². The van der Waals surface area contributed by atoms with Crippen LogP contribution in [0.25, 0.3) is 0 Å². The summed E-state index contributed by atoms with van der Waals surface area (Å²) in [5, 5.41) is 10.6. The van der Waals surface area contributed by atoms with Crippen molar-refractivity contribution in [2.75, 3.05) is 39.6 Å². The van der Waals surface area contributed by atoms with Crippen LogP contribution in [-0.4, -0.2) is 96.7 Å². The molecule has 0 spiro atoms. The molecule has 3 unspecified atom stereocenters. The van der Waals surface area contributed by atoms with Gasteiger partial charge in [-0.05, 0) is 37.5 Å². The van der Waals surface area contributed by atoms with Crippen LogP contribution in [0, 0.1) is 11.8 Å². The molecule has 0 fully saturated rings. The number of ether oxygens (including phenoxy) is 4. The third-order valence-electron chi connectivity index (χ3n) is 19.6. The fourth-order valence-electron chi connectivity index (χ4n) is 12.7. The number of carbonyl (C=O) groups is 4. The molecule has 0 saturated heterocycles. The normalized spacial score (nSPS) is 14.2. The van der Waals surface area contributed by atoms with Crippen molar-refractivity contribution in [3.05, 3.63) is 0 Å². The molecular formula is C82H160O17P2. The van der Waals surface area contributed by atoms with Crippen molar-refractivity contribution in [2.45, 2.75) is 452 Å². The number of hydrogen-bond donors (Lipinski definition) is 3. The van der Waals surface area contributed by atoms with Crippen LogP contribution < -0.4 is 0 Å². The van der Waals surface area contributed by atoms with Crippen LogP contribution in [0.2, 0.25) is 0 Å². The van der Waals surface area contributed by atoms with Gasteiger partial charge in [0.05, 0.1) is 26.4 Å². The Balaban J connectivity index is 5.23. The van der Waals surface area contributed by atoms with E-state index in [2.05, 4.69) is 41.5 Å². The minimum Gasteiger partial charge on any atom is -0.462 e. The average molecular weight is 1480 g/mol. The molecule has 0 amide bonds. The number of esters is 4. The molecule has 0 aliphatic heterocycles. The minimum atomic E-state index is -4.96. The maximum Gasteiger partial charge on any atom is 0.472 e. The molecule has 0 heterocycles. The van der Waals surface area contributed by atoms with E-state index in [4.69, 9.17) is 37.0 Å². The van der Waals surface area contributed by atoms with Gasteiger partial charge < -0.3 is 33.8 Å². The number of unbranched alkanes of at least 4 members (excludes halogenated alkanes) is 50. The number of aliphatic hydroxyl groups excluding tert-OH is 1. The Morgan fingerprint density at radius 3 is 0.752 bits per heavy atom. The molecule has 0 rings (SSSR count). The highest BCUT2D eigenvalue weighted by Crippen LogP contribution is 2.45. The lowest BCUT2D eigenvalue weighted by atomic mass is 9.99. The van der Waals surface area contributed by atoms with E-state index in [-0.39, 0.29) is 25.7 Å².